The first-order valence-electron chi connectivity index (χ1n) is 7.76. The number of aryl methyl sites for hydroxylation is 1. The first kappa shape index (κ1) is 19.1. The highest BCUT2D eigenvalue weighted by molar-refractivity contribution is 5.86. The lowest BCUT2D eigenvalue weighted by atomic mass is 9.87. The number of urea groups is 1. The number of carbonyl (C=O) groups excluding carboxylic acids is 2. The van der Waals surface area contributed by atoms with E-state index >= 15 is 0 Å². The molecule has 2 rings (SSSR count). The van der Waals surface area contributed by atoms with E-state index in [0.29, 0.717) is 6.42 Å². The van der Waals surface area contributed by atoms with Crippen LogP contribution in [-0.2, 0) is 11.2 Å². The number of hydrogen-bond acceptors (Lipinski definition) is 3. The first-order chi connectivity index (χ1) is 10.5. The maximum Gasteiger partial charge on any atom is 0.312 e. The third-order valence-corrected chi connectivity index (χ3v) is 4.01. The number of anilines is 1. The number of fused-ring (bicyclic) bond motifs is 1. The van der Waals surface area contributed by atoms with Gasteiger partial charge in [0.15, 0.2) is 0 Å². The standard InChI is InChI=1S/C16H24N4O2.ClH/c1-2-4-14(20-16(18)22)15(21)19-13-6-3-5-10-9-11(17)7-8-12(10)13;/h7-9,13-14H,2-6,17H2,1H3,(H,19,21)(H3,18,20,22);1H/t13?,14-;/m1./s1. The Kier molecular flexibility index (Phi) is 7.16. The van der Waals surface area contributed by atoms with Gasteiger partial charge in [0.25, 0.3) is 0 Å². The van der Waals surface area contributed by atoms with Crippen LogP contribution in [-0.4, -0.2) is 18.0 Å². The molecule has 7 heteroatoms. The molecule has 0 saturated heterocycles. The van der Waals surface area contributed by atoms with Crippen molar-refractivity contribution >= 4 is 30.0 Å². The lowest BCUT2D eigenvalue weighted by Crippen LogP contribution is -2.49. The van der Waals surface area contributed by atoms with Crippen molar-refractivity contribution < 1.29 is 9.59 Å². The molecule has 0 radical (unpaired) electrons. The van der Waals surface area contributed by atoms with Gasteiger partial charge in [-0.15, -0.1) is 12.4 Å². The number of halogens is 1. The minimum atomic E-state index is -0.676. The Hall–Kier alpha value is -1.95. The van der Waals surface area contributed by atoms with Crippen LogP contribution in [0.1, 0.15) is 49.8 Å². The van der Waals surface area contributed by atoms with Crippen molar-refractivity contribution in [3.8, 4) is 0 Å². The van der Waals surface area contributed by atoms with Gasteiger partial charge in [-0.3, -0.25) is 4.79 Å². The van der Waals surface area contributed by atoms with Crippen LogP contribution in [0, 0.1) is 0 Å². The van der Waals surface area contributed by atoms with E-state index in [2.05, 4.69) is 10.6 Å². The van der Waals surface area contributed by atoms with Gasteiger partial charge < -0.3 is 22.1 Å². The topological polar surface area (TPSA) is 110 Å². The van der Waals surface area contributed by atoms with Gasteiger partial charge in [-0.1, -0.05) is 19.4 Å². The molecular formula is C16H25ClN4O2. The Balaban J connectivity index is 0.00000264. The van der Waals surface area contributed by atoms with Gasteiger partial charge in [0, 0.05) is 5.69 Å². The quantitative estimate of drug-likeness (QED) is 0.615. The van der Waals surface area contributed by atoms with Crippen LogP contribution in [0.25, 0.3) is 0 Å². The third kappa shape index (κ3) is 5.03. The van der Waals surface area contributed by atoms with Crippen molar-refractivity contribution in [2.24, 2.45) is 5.73 Å². The largest absolute Gasteiger partial charge is 0.399 e. The van der Waals surface area contributed by atoms with Crippen LogP contribution in [0.5, 0.6) is 0 Å². The molecular weight excluding hydrogens is 316 g/mol. The summed E-state index contributed by atoms with van der Waals surface area (Å²) in [7, 11) is 0. The average molecular weight is 341 g/mol. The number of nitrogens with one attached hydrogen (secondary N) is 2. The van der Waals surface area contributed by atoms with Crippen molar-refractivity contribution in [2.75, 3.05) is 5.73 Å². The molecule has 0 aliphatic heterocycles. The van der Waals surface area contributed by atoms with Gasteiger partial charge >= 0.3 is 6.03 Å². The van der Waals surface area contributed by atoms with Crippen LogP contribution >= 0.6 is 12.4 Å². The zero-order chi connectivity index (χ0) is 16.1. The summed E-state index contributed by atoms with van der Waals surface area (Å²) in [6.07, 6.45) is 4.22. The summed E-state index contributed by atoms with van der Waals surface area (Å²) in [5, 5.41) is 5.54. The third-order valence-electron chi connectivity index (χ3n) is 4.01. The predicted octanol–water partition coefficient (Wildman–Crippen LogP) is 2.02. The summed E-state index contributed by atoms with van der Waals surface area (Å²) in [6, 6.07) is 4.51. The molecule has 0 saturated carbocycles. The number of benzene rings is 1. The second kappa shape index (κ2) is 8.62. The van der Waals surface area contributed by atoms with Crippen LogP contribution < -0.4 is 22.1 Å². The van der Waals surface area contributed by atoms with Crippen LogP contribution in [0.15, 0.2) is 18.2 Å². The van der Waals surface area contributed by atoms with Crippen LogP contribution in [0.4, 0.5) is 10.5 Å². The van der Waals surface area contributed by atoms with Gasteiger partial charge in [-0.2, -0.15) is 0 Å². The van der Waals surface area contributed by atoms with E-state index in [0.717, 1.165) is 36.9 Å². The molecule has 6 N–H and O–H groups in total. The normalized spacial score (nSPS) is 17.3. The fourth-order valence-corrected chi connectivity index (χ4v) is 2.99. The first-order valence-corrected chi connectivity index (χ1v) is 7.76. The smallest absolute Gasteiger partial charge is 0.312 e. The lowest BCUT2D eigenvalue weighted by molar-refractivity contribution is -0.123. The zero-order valence-corrected chi connectivity index (χ0v) is 14.1. The minimum Gasteiger partial charge on any atom is -0.399 e. The van der Waals surface area contributed by atoms with Crippen molar-refractivity contribution in [3.05, 3.63) is 29.3 Å². The maximum atomic E-state index is 12.4. The van der Waals surface area contributed by atoms with Gasteiger partial charge in [-0.25, -0.2) is 4.79 Å². The molecule has 0 aromatic heterocycles. The van der Waals surface area contributed by atoms with E-state index in [9.17, 15) is 9.59 Å². The molecule has 0 heterocycles. The number of carbonyl (C=O) groups is 2. The van der Waals surface area contributed by atoms with Crippen molar-refractivity contribution in [1.82, 2.24) is 10.6 Å². The number of primary amides is 1. The highest BCUT2D eigenvalue weighted by atomic mass is 35.5. The fraction of sp³-hybridized carbons (Fsp3) is 0.500. The summed E-state index contributed by atoms with van der Waals surface area (Å²) in [5.74, 6) is -0.185. The van der Waals surface area contributed by atoms with E-state index in [-0.39, 0.29) is 24.4 Å². The Morgan fingerprint density at radius 2 is 2.13 bits per heavy atom. The zero-order valence-electron chi connectivity index (χ0n) is 13.3. The predicted molar refractivity (Wildman–Crippen MR) is 93.3 cm³/mol. The van der Waals surface area contributed by atoms with E-state index in [1.807, 2.05) is 25.1 Å². The average Bonchev–Trinajstić information content (AvgIpc) is 2.46. The van der Waals surface area contributed by atoms with Crippen molar-refractivity contribution in [1.29, 1.82) is 0 Å². The van der Waals surface area contributed by atoms with E-state index < -0.39 is 12.1 Å². The highest BCUT2D eigenvalue weighted by Crippen LogP contribution is 2.31. The molecule has 1 aromatic carbocycles. The monoisotopic (exact) mass is 340 g/mol. The lowest BCUT2D eigenvalue weighted by Gasteiger charge is -2.28. The second-order valence-electron chi connectivity index (χ2n) is 5.76. The molecule has 128 valence electrons. The molecule has 3 amide bonds. The molecule has 1 aliphatic carbocycles. The second-order valence-corrected chi connectivity index (χ2v) is 5.76. The van der Waals surface area contributed by atoms with Crippen LogP contribution in [0.2, 0.25) is 0 Å². The van der Waals surface area contributed by atoms with E-state index in [1.54, 1.807) is 0 Å². The Bertz CT molecular complexity index is 565. The highest BCUT2D eigenvalue weighted by Gasteiger charge is 2.25. The molecule has 6 nitrogen and oxygen atoms in total. The molecule has 2 atom stereocenters. The fourth-order valence-electron chi connectivity index (χ4n) is 2.99. The Morgan fingerprint density at radius 1 is 1.39 bits per heavy atom. The Labute approximate surface area is 142 Å². The summed E-state index contributed by atoms with van der Waals surface area (Å²) in [5.41, 5.74) is 14.0. The SMILES string of the molecule is CCC[C@@H](NC(N)=O)C(=O)NC1CCCc2cc(N)ccc21.Cl. The summed E-state index contributed by atoms with van der Waals surface area (Å²) < 4.78 is 0. The maximum absolute atomic E-state index is 12.4. The summed E-state index contributed by atoms with van der Waals surface area (Å²) >= 11 is 0. The Morgan fingerprint density at radius 3 is 2.78 bits per heavy atom. The van der Waals surface area contributed by atoms with Crippen LogP contribution in [0.3, 0.4) is 0 Å². The summed E-state index contributed by atoms with van der Waals surface area (Å²) in [6.45, 7) is 1.96. The number of amides is 3. The van der Waals surface area contributed by atoms with Gasteiger partial charge in [0.05, 0.1) is 6.04 Å². The molecule has 0 bridgehead atoms. The molecule has 0 spiro atoms. The van der Waals surface area contributed by atoms with Gasteiger partial charge in [0.1, 0.15) is 6.04 Å². The molecule has 0 fully saturated rings. The van der Waals surface area contributed by atoms with Gasteiger partial charge in [0.2, 0.25) is 5.91 Å². The number of rotatable bonds is 5. The molecule has 1 aliphatic rings. The molecule has 1 aromatic rings. The molecule has 23 heavy (non-hydrogen) atoms. The minimum absolute atomic E-state index is 0. The number of nitrogen functional groups attached to an aromatic ring is 1. The van der Waals surface area contributed by atoms with Crippen molar-refractivity contribution in [3.63, 3.8) is 0 Å². The number of nitrogens with two attached hydrogens (primary N) is 2. The van der Waals surface area contributed by atoms with Gasteiger partial charge in [-0.05, 0) is 48.9 Å². The summed E-state index contributed by atoms with van der Waals surface area (Å²) in [4.78, 5) is 23.4. The molecule has 1 unspecified atom stereocenters. The van der Waals surface area contributed by atoms with Crippen molar-refractivity contribution in [2.45, 2.75) is 51.1 Å². The van der Waals surface area contributed by atoms with E-state index in [4.69, 9.17) is 11.5 Å². The number of hydrogen-bond donors (Lipinski definition) is 4. The van der Waals surface area contributed by atoms with E-state index in [1.165, 1.54) is 5.56 Å².